The molecule has 118 valence electrons. The summed E-state index contributed by atoms with van der Waals surface area (Å²) in [5.74, 6) is -0.0533. The lowest BCUT2D eigenvalue weighted by molar-refractivity contribution is -0.141. The number of hydrogen-bond donors (Lipinski definition) is 1. The molecule has 0 saturated carbocycles. The van der Waals surface area contributed by atoms with Gasteiger partial charge in [-0.15, -0.1) is 0 Å². The molecule has 22 heavy (non-hydrogen) atoms. The number of rotatable bonds is 3. The Labute approximate surface area is 130 Å². The summed E-state index contributed by atoms with van der Waals surface area (Å²) >= 11 is 0. The molecule has 3 rings (SSSR count). The molecular weight excluding hydrogens is 280 g/mol. The number of likely N-dealkylation sites (tertiary alicyclic amines) is 1. The summed E-state index contributed by atoms with van der Waals surface area (Å²) in [5, 5.41) is 9.84. The van der Waals surface area contributed by atoms with Gasteiger partial charge < -0.3 is 14.9 Å². The van der Waals surface area contributed by atoms with Gasteiger partial charge >= 0.3 is 0 Å². The van der Waals surface area contributed by atoms with E-state index in [0.717, 1.165) is 6.42 Å². The number of benzene rings is 1. The first-order valence-electron chi connectivity index (χ1n) is 7.79. The van der Waals surface area contributed by atoms with Crippen LogP contribution in [0.5, 0.6) is 0 Å². The van der Waals surface area contributed by atoms with Gasteiger partial charge in [-0.05, 0) is 24.0 Å². The van der Waals surface area contributed by atoms with Crippen LogP contribution in [0.25, 0.3) is 0 Å². The van der Waals surface area contributed by atoms with Crippen LogP contribution in [-0.4, -0.2) is 45.4 Å². The SMILES string of the molecule is CC(=O)N1CCC[C@]1(CO)CC(=O)N1Cc2ccccc2C1. The molecule has 5 nitrogen and oxygen atoms in total. The average Bonchev–Trinajstić information content (AvgIpc) is 3.11. The van der Waals surface area contributed by atoms with Crippen LogP contribution in [-0.2, 0) is 22.7 Å². The molecule has 0 radical (unpaired) electrons. The molecule has 5 heteroatoms. The predicted molar refractivity (Wildman–Crippen MR) is 81.8 cm³/mol. The van der Waals surface area contributed by atoms with Crippen LogP contribution in [0.3, 0.4) is 0 Å². The minimum atomic E-state index is -0.711. The van der Waals surface area contributed by atoms with Gasteiger partial charge in [0, 0.05) is 26.6 Å². The monoisotopic (exact) mass is 302 g/mol. The van der Waals surface area contributed by atoms with Gasteiger partial charge in [-0.1, -0.05) is 24.3 Å². The highest BCUT2D eigenvalue weighted by molar-refractivity contribution is 5.81. The lowest BCUT2D eigenvalue weighted by atomic mass is 9.92. The quantitative estimate of drug-likeness (QED) is 0.915. The van der Waals surface area contributed by atoms with E-state index < -0.39 is 5.54 Å². The molecule has 2 amide bonds. The standard InChI is InChI=1S/C17H22N2O3/c1-13(21)19-8-4-7-17(19,12-20)9-16(22)18-10-14-5-2-3-6-15(14)11-18/h2-3,5-6,20H,4,7-12H2,1H3/t17-/m1/s1. The first kappa shape index (κ1) is 15.0. The first-order chi connectivity index (χ1) is 10.6. The van der Waals surface area contributed by atoms with Crippen molar-refractivity contribution in [1.82, 2.24) is 9.80 Å². The van der Waals surface area contributed by atoms with E-state index in [4.69, 9.17) is 0 Å². The summed E-state index contributed by atoms with van der Waals surface area (Å²) in [6.45, 7) is 3.22. The lowest BCUT2D eigenvalue weighted by Gasteiger charge is -2.37. The minimum absolute atomic E-state index is 0.0124. The van der Waals surface area contributed by atoms with Crippen LogP contribution < -0.4 is 0 Å². The Kier molecular flexibility index (Phi) is 3.91. The molecule has 1 atom stereocenters. The smallest absolute Gasteiger partial charge is 0.225 e. The van der Waals surface area contributed by atoms with Crippen molar-refractivity contribution in [2.45, 2.75) is 44.8 Å². The summed E-state index contributed by atoms with van der Waals surface area (Å²) in [5.41, 5.74) is 1.66. The topological polar surface area (TPSA) is 60.9 Å². The van der Waals surface area contributed by atoms with Crippen molar-refractivity contribution in [1.29, 1.82) is 0 Å². The summed E-state index contributed by atoms with van der Waals surface area (Å²) in [6, 6.07) is 8.05. The van der Waals surface area contributed by atoms with E-state index in [9.17, 15) is 14.7 Å². The van der Waals surface area contributed by atoms with Crippen LogP contribution in [0.2, 0.25) is 0 Å². The van der Waals surface area contributed by atoms with E-state index in [1.807, 2.05) is 29.2 Å². The van der Waals surface area contributed by atoms with Crippen molar-refractivity contribution >= 4 is 11.8 Å². The maximum absolute atomic E-state index is 12.7. The zero-order valence-corrected chi connectivity index (χ0v) is 12.9. The van der Waals surface area contributed by atoms with Crippen molar-refractivity contribution in [2.24, 2.45) is 0 Å². The fourth-order valence-corrected chi connectivity index (χ4v) is 3.74. The molecule has 0 aromatic heterocycles. The molecule has 0 bridgehead atoms. The maximum Gasteiger partial charge on any atom is 0.225 e. The Morgan fingerprint density at radius 1 is 1.23 bits per heavy atom. The number of aliphatic hydroxyl groups is 1. The predicted octanol–water partition coefficient (Wildman–Crippen LogP) is 1.29. The fraction of sp³-hybridized carbons (Fsp3) is 0.529. The van der Waals surface area contributed by atoms with E-state index in [1.54, 1.807) is 4.90 Å². The van der Waals surface area contributed by atoms with Crippen LogP contribution >= 0.6 is 0 Å². The number of amides is 2. The van der Waals surface area contributed by atoms with E-state index in [0.29, 0.717) is 26.1 Å². The van der Waals surface area contributed by atoms with Crippen LogP contribution in [0.4, 0.5) is 0 Å². The van der Waals surface area contributed by atoms with E-state index >= 15 is 0 Å². The number of carbonyl (C=O) groups is 2. The molecule has 1 saturated heterocycles. The second-order valence-corrected chi connectivity index (χ2v) is 6.35. The molecule has 0 unspecified atom stereocenters. The maximum atomic E-state index is 12.7. The Hall–Kier alpha value is -1.88. The molecule has 1 aromatic rings. The summed E-state index contributed by atoms with van der Waals surface area (Å²) < 4.78 is 0. The molecule has 1 fully saturated rings. The molecular formula is C17H22N2O3. The second-order valence-electron chi connectivity index (χ2n) is 6.35. The van der Waals surface area contributed by atoms with E-state index in [2.05, 4.69) is 0 Å². The van der Waals surface area contributed by atoms with E-state index in [-0.39, 0.29) is 24.8 Å². The molecule has 2 aliphatic rings. The molecule has 0 aliphatic carbocycles. The number of hydrogen-bond acceptors (Lipinski definition) is 3. The summed E-state index contributed by atoms with van der Waals surface area (Å²) in [4.78, 5) is 28.0. The van der Waals surface area contributed by atoms with Gasteiger partial charge in [0.05, 0.1) is 18.6 Å². The van der Waals surface area contributed by atoms with Crippen molar-refractivity contribution in [3.63, 3.8) is 0 Å². The number of carbonyl (C=O) groups excluding carboxylic acids is 2. The number of aliphatic hydroxyl groups excluding tert-OH is 1. The van der Waals surface area contributed by atoms with Gasteiger partial charge in [0.15, 0.2) is 0 Å². The van der Waals surface area contributed by atoms with Gasteiger partial charge in [-0.2, -0.15) is 0 Å². The largest absolute Gasteiger partial charge is 0.394 e. The van der Waals surface area contributed by atoms with Crippen molar-refractivity contribution < 1.29 is 14.7 Å². The van der Waals surface area contributed by atoms with Gasteiger partial charge in [0.25, 0.3) is 0 Å². The van der Waals surface area contributed by atoms with Crippen LogP contribution in [0.1, 0.15) is 37.3 Å². The first-order valence-corrected chi connectivity index (χ1v) is 7.79. The normalized spacial score (nSPS) is 23.7. The third-order valence-corrected chi connectivity index (χ3v) is 4.94. The van der Waals surface area contributed by atoms with Crippen LogP contribution in [0.15, 0.2) is 24.3 Å². The zero-order valence-electron chi connectivity index (χ0n) is 12.9. The number of nitrogens with zero attached hydrogens (tertiary/aromatic N) is 2. The summed E-state index contributed by atoms with van der Waals surface area (Å²) in [6.07, 6.45) is 1.74. The third-order valence-electron chi connectivity index (χ3n) is 4.94. The van der Waals surface area contributed by atoms with Gasteiger partial charge in [0.1, 0.15) is 0 Å². The Morgan fingerprint density at radius 2 is 1.86 bits per heavy atom. The fourth-order valence-electron chi connectivity index (χ4n) is 3.74. The second kappa shape index (κ2) is 5.72. The lowest BCUT2D eigenvalue weighted by Crippen LogP contribution is -2.52. The average molecular weight is 302 g/mol. The molecule has 0 spiro atoms. The molecule has 1 aromatic carbocycles. The highest BCUT2D eigenvalue weighted by Crippen LogP contribution is 2.34. The zero-order chi connectivity index (χ0) is 15.7. The van der Waals surface area contributed by atoms with Crippen molar-refractivity contribution in [3.8, 4) is 0 Å². The Balaban J connectivity index is 1.73. The van der Waals surface area contributed by atoms with Crippen molar-refractivity contribution in [2.75, 3.05) is 13.2 Å². The van der Waals surface area contributed by atoms with Crippen molar-refractivity contribution in [3.05, 3.63) is 35.4 Å². The van der Waals surface area contributed by atoms with Gasteiger partial charge in [-0.25, -0.2) is 0 Å². The molecule has 1 N–H and O–H groups in total. The Bertz CT molecular complexity index is 576. The summed E-state index contributed by atoms with van der Waals surface area (Å²) in [7, 11) is 0. The Morgan fingerprint density at radius 3 is 2.41 bits per heavy atom. The highest BCUT2D eigenvalue weighted by atomic mass is 16.3. The number of fused-ring (bicyclic) bond motifs is 1. The van der Waals surface area contributed by atoms with Gasteiger partial charge in [0.2, 0.25) is 11.8 Å². The highest BCUT2D eigenvalue weighted by Gasteiger charge is 2.44. The van der Waals surface area contributed by atoms with E-state index in [1.165, 1.54) is 18.1 Å². The minimum Gasteiger partial charge on any atom is -0.394 e. The van der Waals surface area contributed by atoms with Gasteiger partial charge in [-0.3, -0.25) is 9.59 Å². The van der Waals surface area contributed by atoms with Crippen LogP contribution in [0, 0.1) is 0 Å². The third kappa shape index (κ3) is 2.50. The molecule has 2 aliphatic heterocycles. The molecule has 2 heterocycles.